The number of rotatable bonds is 3. The smallest absolute Gasteiger partial charge is 0.247 e. The molecule has 5 heteroatoms. The lowest BCUT2D eigenvalue weighted by Crippen LogP contribution is -2.27. The summed E-state index contributed by atoms with van der Waals surface area (Å²) >= 11 is 1.60. The van der Waals surface area contributed by atoms with Crippen LogP contribution >= 0.6 is 11.3 Å². The van der Waals surface area contributed by atoms with Crippen LogP contribution in [-0.2, 0) is 9.63 Å². The van der Waals surface area contributed by atoms with Gasteiger partial charge in [0.05, 0.1) is 23.0 Å². The third-order valence-corrected chi connectivity index (χ3v) is 4.19. The summed E-state index contributed by atoms with van der Waals surface area (Å²) < 4.78 is 1.12. The molecule has 1 aromatic heterocycles. The van der Waals surface area contributed by atoms with E-state index < -0.39 is 0 Å². The van der Waals surface area contributed by atoms with Gasteiger partial charge in [-0.3, -0.25) is 9.63 Å². The standard InChI is InChI=1S/C16H14N2O2S/c1-11(19)18(20-2)14-9-5-3-7-12(14)16-17-13-8-4-6-10-15(13)21-16/h3-10H,1-2H3. The van der Waals surface area contributed by atoms with Crippen LogP contribution in [0.5, 0.6) is 0 Å². The largest absolute Gasteiger partial charge is 0.273 e. The number of carbonyl (C=O) groups is 1. The lowest BCUT2D eigenvalue weighted by molar-refractivity contribution is -0.122. The quantitative estimate of drug-likeness (QED) is 0.689. The van der Waals surface area contributed by atoms with E-state index in [-0.39, 0.29) is 5.91 Å². The minimum absolute atomic E-state index is 0.175. The summed E-state index contributed by atoms with van der Waals surface area (Å²) in [5, 5.41) is 2.15. The molecule has 0 aliphatic rings. The zero-order chi connectivity index (χ0) is 14.8. The van der Waals surface area contributed by atoms with Crippen molar-refractivity contribution in [2.45, 2.75) is 6.92 Å². The number of hydroxylamine groups is 1. The van der Waals surface area contributed by atoms with Crippen LogP contribution in [0.3, 0.4) is 0 Å². The number of thiazole rings is 1. The number of benzene rings is 2. The number of aromatic nitrogens is 1. The van der Waals surface area contributed by atoms with Gasteiger partial charge < -0.3 is 0 Å². The summed E-state index contributed by atoms with van der Waals surface area (Å²) in [6, 6.07) is 15.6. The fourth-order valence-electron chi connectivity index (χ4n) is 2.22. The molecule has 0 saturated carbocycles. The molecule has 1 heterocycles. The van der Waals surface area contributed by atoms with Gasteiger partial charge in [-0.05, 0) is 24.3 Å². The highest BCUT2D eigenvalue weighted by molar-refractivity contribution is 7.21. The number of amides is 1. The Morgan fingerprint density at radius 2 is 1.86 bits per heavy atom. The minimum Gasteiger partial charge on any atom is -0.273 e. The van der Waals surface area contributed by atoms with Gasteiger partial charge in [-0.15, -0.1) is 11.3 Å². The van der Waals surface area contributed by atoms with E-state index in [2.05, 4.69) is 4.98 Å². The predicted octanol–water partition coefficient (Wildman–Crippen LogP) is 3.88. The van der Waals surface area contributed by atoms with Gasteiger partial charge in [0.2, 0.25) is 5.91 Å². The highest BCUT2D eigenvalue weighted by Crippen LogP contribution is 2.36. The van der Waals surface area contributed by atoms with Crippen LogP contribution in [0.4, 0.5) is 5.69 Å². The molecule has 0 N–H and O–H groups in total. The Hall–Kier alpha value is -2.24. The third-order valence-electron chi connectivity index (χ3n) is 3.12. The highest BCUT2D eigenvalue weighted by Gasteiger charge is 2.18. The Morgan fingerprint density at radius 3 is 2.57 bits per heavy atom. The van der Waals surface area contributed by atoms with Gasteiger partial charge in [-0.25, -0.2) is 4.98 Å². The number of anilines is 1. The van der Waals surface area contributed by atoms with Crippen molar-refractivity contribution in [2.24, 2.45) is 0 Å². The van der Waals surface area contributed by atoms with E-state index in [1.807, 2.05) is 48.5 Å². The summed E-state index contributed by atoms with van der Waals surface area (Å²) in [6.07, 6.45) is 0. The van der Waals surface area contributed by atoms with Crippen molar-refractivity contribution >= 4 is 33.1 Å². The van der Waals surface area contributed by atoms with E-state index in [0.717, 1.165) is 20.8 Å². The fourth-order valence-corrected chi connectivity index (χ4v) is 3.22. The number of fused-ring (bicyclic) bond motifs is 1. The van der Waals surface area contributed by atoms with E-state index >= 15 is 0 Å². The molecular weight excluding hydrogens is 284 g/mol. The first kappa shape index (κ1) is 13.7. The SMILES string of the molecule is CON(C(C)=O)c1ccccc1-c1nc2ccccc2s1. The molecule has 0 aliphatic heterocycles. The molecule has 0 unspecified atom stereocenters. The molecule has 0 saturated heterocycles. The fraction of sp³-hybridized carbons (Fsp3) is 0.125. The molecule has 0 fully saturated rings. The van der Waals surface area contributed by atoms with Gasteiger partial charge in [-0.1, -0.05) is 24.3 Å². The Morgan fingerprint density at radius 1 is 1.14 bits per heavy atom. The van der Waals surface area contributed by atoms with Crippen molar-refractivity contribution in [1.29, 1.82) is 0 Å². The van der Waals surface area contributed by atoms with E-state index in [4.69, 9.17) is 4.84 Å². The first-order valence-corrected chi connectivity index (χ1v) is 7.32. The van der Waals surface area contributed by atoms with Crippen molar-refractivity contribution in [3.8, 4) is 10.6 Å². The normalized spacial score (nSPS) is 10.8. The van der Waals surface area contributed by atoms with Crippen molar-refractivity contribution in [3.63, 3.8) is 0 Å². The number of nitrogens with zero attached hydrogens (tertiary/aromatic N) is 2. The second-order valence-electron chi connectivity index (χ2n) is 4.50. The van der Waals surface area contributed by atoms with Crippen LogP contribution in [-0.4, -0.2) is 18.0 Å². The van der Waals surface area contributed by atoms with Crippen molar-refractivity contribution < 1.29 is 9.63 Å². The number of hydrogen-bond donors (Lipinski definition) is 0. The monoisotopic (exact) mass is 298 g/mol. The molecule has 4 nitrogen and oxygen atoms in total. The van der Waals surface area contributed by atoms with Gasteiger partial charge in [0.15, 0.2) is 0 Å². The van der Waals surface area contributed by atoms with E-state index in [1.54, 1.807) is 11.3 Å². The number of hydrogen-bond acceptors (Lipinski definition) is 4. The first-order valence-electron chi connectivity index (χ1n) is 6.50. The molecule has 3 rings (SSSR count). The maximum atomic E-state index is 11.7. The molecule has 2 aromatic carbocycles. The van der Waals surface area contributed by atoms with Gasteiger partial charge in [-0.2, -0.15) is 5.06 Å². The summed E-state index contributed by atoms with van der Waals surface area (Å²) in [5.41, 5.74) is 2.54. The Labute approximate surface area is 126 Å². The number of para-hydroxylation sites is 2. The van der Waals surface area contributed by atoms with Crippen molar-refractivity contribution in [2.75, 3.05) is 12.2 Å². The van der Waals surface area contributed by atoms with E-state index in [1.165, 1.54) is 19.1 Å². The topological polar surface area (TPSA) is 42.4 Å². The summed E-state index contributed by atoms with van der Waals surface area (Å²) in [7, 11) is 1.48. The third kappa shape index (κ3) is 2.53. The summed E-state index contributed by atoms with van der Waals surface area (Å²) in [6.45, 7) is 1.47. The molecule has 0 atom stereocenters. The van der Waals surface area contributed by atoms with Crippen LogP contribution in [0, 0.1) is 0 Å². The zero-order valence-corrected chi connectivity index (χ0v) is 12.6. The Balaban J connectivity index is 2.16. The second kappa shape index (κ2) is 5.63. The van der Waals surface area contributed by atoms with Crippen molar-refractivity contribution in [1.82, 2.24) is 4.98 Å². The molecule has 0 radical (unpaired) electrons. The minimum atomic E-state index is -0.175. The van der Waals surface area contributed by atoms with Gasteiger partial charge >= 0.3 is 0 Å². The Kier molecular flexibility index (Phi) is 3.68. The molecule has 3 aromatic rings. The summed E-state index contributed by atoms with van der Waals surface area (Å²) in [4.78, 5) is 21.6. The summed E-state index contributed by atoms with van der Waals surface area (Å²) in [5.74, 6) is -0.175. The van der Waals surface area contributed by atoms with Crippen LogP contribution in [0.2, 0.25) is 0 Å². The predicted molar refractivity (Wildman–Crippen MR) is 85.2 cm³/mol. The molecular formula is C16H14N2O2S. The average Bonchev–Trinajstić information content (AvgIpc) is 2.92. The van der Waals surface area contributed by atoms with Gasteiger partial charge in [0.25, 0.3) is 0 Å². The first-order chi connectivity index (χ1) is 10.2. The van der Waals surface area contributed by atoms with Crippen LogP contribution < -0.4 is 5.06 Å². The molecule has 106 valence electrons. The lowest BCUT2D eigenvalue weighted by atomic mass is 10.2. The van der Waals surface area contributed by atoms with Gasteiger partial charge in [0, 0.05) is 12.5 Å². The van der Waals surface area contributed by atoms with Crippen molar-refractivity contribution in [3.05, 3.63) is 48.5 Å². The molecule has 1 amide bonds. The zero-order valence-electron chi connectivity index (χ0n) is 11.7. The highest BCUT2D eigenvalue weighted by atomic mass is 32.1. The molecule has 21 heavy (non-hydrogen) atoms. The number of carbonyl (C=O) groups excluding carboxylic acids is 1. The van der Waals surface area contributed by atoms with E-state index in [9.17, 15) is 4.79 Å². The van der Waals surface area contributed by atoms with Gasteiger partial charge in [0.1, 0.15) is 5.01 Å². The maximum absolute atomic E-state index is 11.7. The average molecular weight is 298 g/mol. The van der Waals surface area contributed by atoms with Crippen LogP contribution in [0.1, 0.15) is 6.92 Å². The Bertz CT molecular complexity index is 765. The lowest BCUT2D eigenvalue weighted by Gasteiger charge is -2.20. The molecule has 0 spiro atoms. The molecule has 0 aliphatic carbocycles. The van der Waals surface area contributed by atoms with E-state index in [0.29, 0.717) is 5.69 Å². The second-order valence-corrected chi connectivity index (χ2v) is 5.53. The van der Waals surface area contributed by atoms with Crippen LogP contribution in [0.25, 0.3) is 20.8 Å². The maximum Gasteiger partial charge on any atom is 0.247 e. The molecule has 0 bridgehead atoms. The van der Waals surface area contributed by atoms with Crippen LogP contribution in [0.15, 0.2) is 48.5 Å².